The predicted octanol–water partition coefficient (Wildman–Crippen LogP) is 13.3. The highest BCUT2D eigenvalue weighted by atomic mass is 14.5. The third-order valence-corrected chi connectivity index (χ3v) is 9.20. The van der Waals surface area contributed by atoms with Crippen molar-refractivity contribution >= 4 is 0 Å². The van der Waals surface area contributed by atoms with Crippen molar-refractivity contribution in [2.75, 3.05) is 0 Å². The first-order chi connectivity index (χ1) is 18.8. The standard InChI is InChI=1S/C43H72/c1-23-27(32-28(37(2,3)4)24-25-29(38(5,6)7)34(32)41(14,15)16)33-35(42(17,18)19)30(39(8,9)10)26-31(40(11,12)13)36(33)43(20,21)22/h24-27H,23H2,1-22H3. The van der Waals surface area contributed by atoms with Crippen molar-refractivity contribution in [1.29, 1.82) is 0 Å². The Hall–Kier alpha value is -1.56. The quantitative estimate of drug-likeness (QED) is 0.334. The van der Waals surface area contributed by atoms with Gasteiger partial charge in [0, 0.05) is 5.92 Å². The summed E-state index contributed by atoms with van der Waals surface area (Å²) in [6, 6.07) is 7.59. The first-order valence-electron chi connectivity index (χ1n) is 17.2. The molecular weight excluding hydrogens is 516 g/mol. The number of hydrogen-bond donors (Lipinski definition) is 0. The van der Waals surface area contributed by atoms with E-state index in [1.165, 1.54) is 22.3 Å². The smallest absolute Gasteiger partial charge is 0.00987 e. The van der Waals surface area contributed by atoms with Crippen LogP contribution in [-0.2, 0) is 37.9 Å². The van der Waals surface area contributed by atoms with Gasteiger partial charge in [0.15, 0.2) is 0 Å². The van der Waals surface area contributed by atoms with E-state index in [1.807, 2.05) is 0 Å². The summed E-state index contributed by atoms with van der Waals surface area (Å²) in [6.45, 7) is 53.5. The van der Waals surface area contributed by atoms with Crippen molar-refractivity contribution in [2.24, 2.45) is 0 Å². The molecule has 0 heteroatoms. The maximum absolute atomic E-state index is 2.62. The minimum absolute atomic E-state index is 0.00487. The molecule has 2 aromatic rings. The zero-order chi connectivity index (χ0) is 34.1. The number of rotatable bonds is 3. The Labute approximate surface area is 270 Å². The van der Waals surface area contributed by atoms with Gasteiger partial charge >= 0.3 is 0 Å². The molecule has 1 unspecified atom stereocenters. The van der Waals surface area contributed by atoms with E-state index >= 15 is 0 Å². The van der Waals surface area contributed by atoms with Crippen LogP contribution in [-0.4, -0.2) is 0 Å². The molecule has 0 aliphatic carbocycles. The zero-order valence-corrected chi connectivity index (χ0v) is 33.0. The molecule has 0 saturated carbocycles. The van der Waals surface area contributed by atoms with E-state index in [-0.39, 0.29) is 43.8 Å². The molecule has 0 heterocycles. The molecule has 1 atom stereocenters. The van der Waals surface area contributed by atoms with Crippen molar-refractivity contribution in [3.05, 3.63) is 68.3 Å². The molecule has 0 aromatic heterocycles. The highest BCUT2D eigenvalue weighted by Crippen LogP contribution is 2.53. The fourth-order valence-corrected chi connectivity index (χ4v) is 7.47. The number of hydrogen-bond acceptors (Lipinski definition) is 0. The molecule has 0 aliphatic rings. The Morgan fingerprint density at radius 2 is 0.651 bits per heavy atom. The van der Waals surface area contributed by atoms with Gasteiger partial charge in [0.05, 0.1) is 0 Å². The minimum Gasteiger partial charge on any atom is -0.0645 e. The lowest BCUT2D eigenvalue weighted by molar-refractivity contribution is 0.477. The van der Waals surface area contributed by atoms with E-state index in [1.54, 1.807) is 27.8 Å². The summed E-state index contributed by atoms with van der Waals surface area (Å²) in [5, 5.41) is 0. The maximum Gasteiger partial charge on any atom is 0.00987 e. The van der Waals surface area contributed by atoms with E-state index in [0.29, 0.717) is 0 Å². The van der Waals surface area contributed by atoms with E-state index in [9.17, 15) is 0 Å². The molecule has 2 aromatic carbocycles. The van der Waals surface area contributed by atoms with Crippen LogP contribution in [0.25, 0.3) is 0 Å². The molecule has 244 valence electrons. The summed E-state index contributed by atoms with van der Waals surface area (Å²) in [5.74, 6) is 0.289. The van der Waals surface area contributed by atoms with Crippen LogP contribution in [0.4, 0.5) is 0 Å². The lowest BCUT2D eigenvalue weighted by Gasteiger charge is -2.44. The van der Waals surface area contributed by atoms with Crippen molar-refractivity contribution in [3.8, 4) is 0 Å². The molecule has 0 nitrogen and oxygen atoms in total. The van der Waals surface area contributed by atoms with Gasteiger partial charge < -0.3 is 0 Å². The second-order valence-corrected chi connectivity index (χ2v) is 20.8. The SMILES string of the molecule is CCC(c1c(C(C)(C)C)ccc(C(C)(C)C)c1C(C)(C)C)c1c(C(C)(C)C)c(C(C)(C)C)cc(C(C)(C)C)c1C(C)(C)C. The van der Waals surface area contributed by atoms with Crippen molar-refractivity contribution < 1.29 is 0 Å². The molecule has 0 radical (unpaired) electrons. The van der Waals surface area contributed by atoms with E-state index in [2.05, 4.69) is 171 Å². The van der Waals surface area contributed by atoms with Crippen LogP contribution in [0.3, 0.4) is 0 Å². The zero-order valence-electron chi connectivity index (χ0n) is 33.0. The topological polar surface area (TPSA) is 0 Å². The van der Waals surface area contributed by atoms with Crippen molar-refractivity contribution in [3.63, 3.8) is 0 Å². The highest BCUT2D eigenvalue weighted by molar-refractivity contribution is 5.62. The van der Waals surface area contributed by atoms with Gasteiger partial charge in [0.25, 0.3) is 0 Å². The van der Waals surface area contributed by atoms with Gasteiger partial charge in [0.1, 0.15) is 0 Å². The van der Waals surface area contributed by atoms with Gasteiger partial charge in [-0.15, -0.1) is 0 Å². The summed E-state index contributed by atoms with van der Waals surface area (Å²) >= 11 is 0. The molecule has 43 heavy (non-hydrogen) atoms. The summed E-state index contributed by atoms with van der Waals surface area (Å²) in [5.41, 5.74) is 14.1. The molecular formula is C43H72. The summed E-state index contributed by atoms with van der Waals surface area (Å²) in [4.78, 5) is 0. The van der Waals surface area contributed by atoms with Crippen LogP contribution < -0.4 is 0 Å². The van der Waals surface area contributed by atoms with E-state index in [4.69, 9.17) is 0 Å². The molecule has 0 bridgehead atoms. The second kappa shape index (κ2) is 11.4. The third-order valence-electron chi connectivity index (χ3n) is 9.20. The first kappa shape index (κ1) is 37.6. The molecule has 0 spiro atoms. The average molecular weight is 589 g/mol. The normalized spacial score (nSPS) is 15.2. The van der Waals surface area contributed by atoms with Crippen LogP contribution in [0.1, 0.15) is 215 Å². The molecule has 2 rings (SSSR count). The van der Waals surface area contributed by atoms with Gasteiger partial charge in [0.2, 0.25) is 0 Å². The third kappa shape index (κ3) is 7.82. The summed E-state index contributed by atoms with van der Waals surface area (Å²) in [6.07, 6.45) is 1.07. The predicted molar refractivity (Wildman–Crippen MR) is 196 cm³/mol. The first-order valence-corrected chi connectivity index (χ1v) is 17.2. The Balaban J connectivity index is 3.60. The van der Waals surface area contributed by atoms with Gasteiger partial charge in [-0.1, -0.05) is 171 Å². The summed E-state index contributed by atoms with van der Waals surface area (Å²) < 4.78 is 0. The number of benzene rings is 2. The lowest BCUT2D eigenvalue weighted by Crippen LogP contribution is -2.34. The Morgan fingerprint density at radius 3 is 0.907 bits per heavy atom. The molecule has 0 saturated heterocycles. The van der Waals surface area contributed by atoms with Gasteiger partial charge in [-0.3, -0.25) is 0 Å². The molecule has 0 amide bonds. The van der Waals surface area contributed by atoms with E-state index < -0.39 is 0 Å². The van der Waals surface area contributed by atoms with Crippen LogP contribution >= 0.6 is 0 Å². The van der Waals surface area contributed by atoms with Crippen molar-refractivity contribution in [1.82, 2.24) is 0 Å². The van der Waals surface area contributed by atoms with Crippen molar-refractivity contribution in [2.45, 2.75) is 203 Å². The fraction of sp³-hybridized carbons (Fsp3) is 0.721. The molecule has 0 N–H and O–H groups in total. The van der Waals surface area contributed by atoms with Crippen LogP contribution in [0.2, 0.25) is 0 Å². The van der Waals surface area contributed by atoms with Gasteiger partial charge in [-0.2, -0.15) is 0 Å². The fourth-order valence-electron chi connectivity index (χ4n) is 7.47. The molecule has 0 fully saturated rings. The van der Waals surface area contributed by atoms with Crippen LogP contribution in [0.5, 0.6) is 0 Å². The molecule has 0 aliphatic heterocycles. The Bertz CT molecular complexity index is 1240. The van der Waals surface area contributed by atoms with Gasteiger partial charge in [-0.05, 0) is 94.4 Å². The largest absolute Gasteiger partial charge is 0.0645 e. The monoisotopic (exact) mass is 589 g/mol. The summed E-state index contributed by atoms with van der Waals surface area (Å²) in [7, 11) is 0. The Kier molecular flexibility index (Phi) is 9.93. The highest BCUT2D eigenvalue weighted by Gasteiger charge is 2.42. The minimum atomic E-state index is -0.00674. The lowest BCUT2D eigenvalue weighted by atomic mass is 9.60. The second-order valence-electron chi connectivity index (χ2n) is 20.8. The van der Waals surface area contributed by atoms with Gasteiger partial charge in [-0.25, -0.2) is 0 Å². The van der Waals surface area contributed by atoms with E-state index in [0.717, 1.165) is 6.42 Å². The average Bonchev–Trinajstić information content (AvgIpc) is 2.73. The van der Waals surface area contributed by atoms with Crippen LogP contribution in [0.15, 0.2) is 18.2 Å². The Morgan fingerprint density at radius 1 is 0.372 bits per heavy atom. The van der Waals surface area contributed by atoms with Crippen LogP contribution in [0, 0.1) is 0 Å². The maximum atomic E-state index is 2.62.